The SMILES string of the molecule is CCc1ccc(NC(=O)C(c2ccccc2)N2Cc3ccccc3C2=O)cc1. The van der Waals surface area contributed by atoms with Gasteiger partial charge in [-0.1, -0.05) is 67.6 Å². The summed E-state index contributed by atoms with van der Waals surface area (Å²) in [5.41, 5.74) is 4.36. The molecule has 4 rings (SSSR count). The van der Waals surface area contributed by atoms with E-state index in [2.05, 4.69) is 12.2 Å². The Labute approximate surface area is 164 Å². The number of rotatable bonds is 5. The van der Waals surface area contributed by atoms with E-state index in [0.717, 1.165) is 23.2 Å². The van der Waals surface area contributed by atoms with E-state index >= 15 is 0 Å². The van der Waals surface area contributed by atoms with Crippen molar-refractivity contribution < 1.29 is 9.59 Å². The minimum absolute atomic E-state index is 0.110. The summed E-state index contributed by atoms with van der Waals surface area (Å²) in [6, 6.07) is 24.1. The lowest BCUT2D eigenvalue weighted by molar-refractivity contribution is -0.120. The van der Waals surface area contributed by atoms with Gasteiger partial charge in [0.1, 0.15) is 6.04 Å². The summed E-state index contributed by atoms with van der Waals surface area (Å²) in [5, 5.41) is 2.98. The van der Waals surface area contributed by atoms with Gasteiger partial charge in [-0.15, -0.1) is 0 Å². The van der Waals surface area contributed by atoms with Crippen LogP contribution in [0.5, 0.6) is 0 Å². The van der Waals surface area contributed by atoms with Crippen molar-refractivity contribution in [3.8, 4) is 0 Å². The fraction of sp³-hybridized carbons (Fsp3) is 0.167. The molecule has 1 N–H and O–H groups in total. The Hall–Kier alpha value is -3.40. The second kappa shape index (κ2) is 7.69. The van der Waals surface area contributed by atoms with Crippen LogP contribution in [0.15, 0.2) is 78.9 Å². The molecule has 0 bridgehead atoms. The van der Waals surface area contributed by atoms with E-state index in [0.29, 0.717) is 12.1 Å². The van der Waals surface area contributed by atoms with E-state index in [1.807, 2.05) is 78.9 Å². The highest BCUT2D eigenvalue weighted by Crippen LogP contribution is 2.32. The number of hydrogen-bond acceptors (Lipinski definition) is 2. The zero-order valence-electron chi connectivity index (χ0n) is 15.8. The van der Waals surface area contributed by atoms with Crippen LogP contribution in [0, 0.1) is 0 Å². The molecule has 3 aromatic carbocycles. The fourth-order valence-corrected chi connectivity index (χ4v) is 3.63. The van der Waals surface area contributed by atoms with Gasteiger partial charge in [0.05, 0.1) is 0 Å². The van der Waals surface area contributed by atoms with Gasteiger partial charge in [-0.05, 0) is 41.3 Å². The first-order chi connectivity index (χ1) is 13.7. The van der Waals surface area contributed by atoms with Crippen LogP contribution in [-0.4, -0.2) is 16.7 Å². The molecule has 0 spiro atoms. The summed E-state index contributed by atoms with van der Waals surface area (Å²) in [7, 11) is 0. The van der Waals surface area contributed by atoms with Gasteiger partial charge in [-0.3, -0.25) is 9.59 Å². The van der Waals surface area contributed by atoms with E-state index in [1.54, 1.807) is 4.90 Å². The number of amides is 2. The summed E-state index contributed by atoms with van der Waals surface area (Å²) in [5.74, 6) is -0.322. The first-order valence-corrected chi connectivity index (χ1v) is 9.51. The molecule has 1 atom stereocenters. The molecule has 1 aliphatic heterocycles. The predicted molar refractivity (Wildman–Crippen MR) is 110 cm³/mol. The van der Waals surface area contributed by atoms with Crippen molar-refractivity contribution in [2.24, 2.45) is 0 Å². The van der Waals surface area contributed by atoms with Crippen molar-refractivity contribution in [3.05, 3.63) is 101 Å². The van der Waals surface area contributed by atoms with Gasteiger partial charge in [-0.25, -0.2) is 0 Å². The van der Waals surface area contributed by atoms with Crippen LogP contribution in [-0.2, 0) is 17.8 Å². The molecule has 1 unspecified atom stereocenters. The first kappa shape index (κ1) is 18.0. The number of nitrogens with zero attached hydrogens (tertiary/aromatic N) is 1. The number of carbonyl (C=O) groups is 2. The van der Waals surface area contributed by atoms with Crippen LogP contribution in [0.1, 0.15) is 40.0 Å². The van der Waals surface area contributed by atoms with E-state index in [9.17, 15) is 9.59 Å². The van der Waals surface area contributed by atoms with Crippen molar-refractivity contribution in [1.82, 2.24) is 4.90 Å². The largest absolute Gasteiger partial charge is 0.324 e. The number of nitrogens with one attached hydrogen (secondary N) is 1. The zero-order valence-corrected chi connectivity index (χ0v) is 15.8. The maximum Gasteiger partial charge on any atom is 0.255 e. The van der Waals surface area contributed by atoms with Crippen molar-refractivity contribution >= 4 is 17.5 Å². The Morgan fingerprint density at radius 2 is 1.64 bits per heavy atom. The monoisotopic (exact) mass is 370 g/mol. The fourth-order valence-electron chi connectivity index (χ4n) is 3.63. The third-order valence-corrected chi connectivity index (χ3v) is 5.15. The minimum atomic E-state index is -0.688. The molecule has 0 radical (unpaired) electrons. The molecule has 2 amide bonds. The Balaban J connectivity index is 1.65. The number of aryl methyl sites for hydroxylation is 1. The summed E-state index contributed by atoms with van der Waals surface area (Å²) < 4.78 is 0. The van der Waals surface area contributed by atoms with Crippen molar-refractivity contribution in [3.63, 3.8) is 0 Å². The third-order valence-electron chi connectivity index (χ3n) is 5.15. The van der Waals surface area contributed by atoms with Crippen LogP contribution in [0.3, 0.4) is 0 Å². The molecule has 1 aliphatic rings. The molecule has 28 heavy (non-hydrogen) atoms. The summed E-state index contributed by atoms with van der Waals surface area (Å²) in [6.45, 7) is 2.52. The molecule has 4 heteroatoms. The Morgan fingerprint density at radius 1 is 0.964 bits per heavy atom. The Kier molecular flexibility index (Phi) is 4.94. The summed E-state index contributed by atoms with van der Waals surface area (Å²) in [6.07, 6.45) is 0.946. The highest BCUT2D eigenvalue weighted by Gasteiger charge is 2.37. The number of hydrogen-bond donors (Lipinski definition) is 1. The van der Waals surface area contributed by atoms with Crippen molar-refractivity contribution in [1.29, 1.82) is 0 Å². The number of anilines is 1. The number of fused-ring (bicyclic) bond motifs is 1. The molecule has 140 valence electrons. The average molecular weight is 370 g/mol. The number of carbonyl (C=O) groups excluding carboxylic acids is 2. The van der Waals surface area contributed by atoms with Crippen LogP contribution in [0.25, 0.3) is 0 Å². The van der Waals surface area contributed by atoms with Gasteiger partial charge in [0.2, 0.25) is 0 Å². The molecular weight excluding hydrogens is 348 g/mol. The van der Waals surface area contributed by atoms with Gasteiger partial charge in [0.25, 0.3) is 11.8 Å². The normalized spacial score (nSPS) is 13.9. The summed E-state index contributed by atoms with van der Waals surface area (Å²) in [4.78, 5) is 27.9. The Bertz CT molecular complexity index is 997. The van der Waals surface area contributed by atoms with E-state index in [4.69, 9.17) is 0 Å². The van der Waals surface area contributed by atoms with Gasteiger partial charge in [0.15, 0.2) is 0 Å². The van der Waals surface area contributed by atoms with E-state index < -0.39 is 6.04 Å². The molecule has 1 heterocycles. The van der Waals surface area contributed by atoms with Crippen LogP contribution in [0.2, 0.25) is 0 Å². The number of benzene rings is 3. The van der Waals surface area contributed by atoms with Gasteiger partial charge < -0.3 is 10.2 Å². The molecule has 0 fully saturated rings. The Morgan fingerprint density at radius 3 is 2.32 bits per heavy atom. The summed E-state index contributed by atoms with van der Waals surface area (Å²) >= 11 is 0. The maximum absolute atomic E-state index is 13.2. The highest BCUT2D eigenvalue weighted by molar-refractivity contribution is 6.03. The lowest BCUT2D eigenvalue weighted by atomic mass is 10.0. The zero-order chi connectivity index (χ0) is 19.5. The van der Waals surface area contributed by atoms with Crippen molar-refractivity contribution in [2.75, 3.05) is 5.32 Å². The van der Waals surface area contributed by atoms with Crippen LogP contribution >= 0.6 is 0 Å². The van der Waals surface area contributed by atoms with E-state index in [-0.39, 0.29) is 11.8 Å². The lowest BCUT2D eigenvalue weighted by Gasteiger charge is -2.27. The van der Waals surface area contributed by atoms with E-state index in [1.165, 1.54) is 5.56 Å². The third kappa shape index (κ3) is 3.41. The van der Waals surface area contributed by atoms with Crippen LogP contribution < -0.4 is 5.32 Å². The minimum Gasteiger partial charge on any atom is -0.324 e. The van der Waals surface area contributed by atoms with Crippen molar-refractivity contribution in [2.45, 2.75) is 25.9 Å². The lowest BCUT2D eigenvalue weighted by Crippen LogP contribution is -2.37. The van der Waals surface area contributed by atoms with Gasteiger partial charge in [-0.2, -0.15) is 0 Å². The molecule has 0 aromatic heterocycles. The molecule has 0 saturated heterocycles. The smallest absolute Gasteiger partial charge is 0.255 e. The molecule has 0 saturated carbocycles. The maximum atomic E-state index is 13.2. The topological polar surface area (TPSA) is 49.4 Å². The highest BCUT2D eigenvalue weighted by atomic mass is 16.2. The molecule has 0 aliphatic carbocycles. The predicted octanol–water partition coefficient (Wildman–Crippen LogP) is 4.58. The van der Waals surface area contributed by atoms with Gasteiger partial charge in [0, 0.05) is 17.8 Å². The molecule has 4 nitrogen and oxygen atoms in total. The second-order valence-corrected chi connectivity index (χ2v) is 6.94. The van der Waals surface area contributed by atoms with Crippen LogP contribution in [0.4, 0.5) is 5.69 Å². The molecule has 3 aromatic rings. The standard InChI is InChI=1S/C24H22N2O2/c1-2-17-12-14-20(15-13-17)25-23(27)22(18-8-4-3-5-9-18)26-16-19-10-6-7-11-21(19)24(26)28/h3-15,22H,2,16H2,1H3,(H,25,27). The second-order valence-electron chi connectivity index (χ2n) is 6.94. The van der Waals surface area contributed by atoms with Gasteiger partial charge >= 0.3 is 0 Å². The quantitative estimate of drug-likeness (QED) is 0.714. The average Bonchev–Trinajstić information content (AvgIpc) is 3.06. The molecular formula is C24H22N2O2. The first-order valence-electron chi connectivity index (χ1n) is 9.51.